The minimum absolute atomic E-state index is 0.158. The van der Waals surface area contributed by atoms with E-state index in [2.05, 4.69) is 31.1 Å². The molecule has 1 atom stereocenters. The van der Waals surface area contributed by atoms with Crippen LogP contribution in [-0.2, 0) is 11.8 Å². The molecule has 0 radical (unpaired) electrons. The van der Waals surface area contributed by atoms with Gasteiger partial charge in [0.1, 0.15) is 0 Å². The summed E-state index contributed by atoms with van der Waals surface area (Å²) in [5.41, 5.74) is 3.79. The predicted molar refractivity (Wildman–Crippen MR) is 144 cm³/mol. The normalized spacial score (nSPS) is 11.9. The van der Waals surface area contributed by atoms with Crippen LogP contribution in [0.5, 0.6) is 0 Å². The van der Waals surface area contributed by atoms with Crippen LogP contribution in [0.4, 0.5) is 17.1 Å². The summed E-state index contributed by atoms with van der Waals surface area (Å²) in [7, 11) is 1.81. The number of benzene rings is 3. The topological polar surface area (TPSA) is 114 Å². The number of hydrogen-bond acceptors (Lipinski definition) is 7. The van der Waals surface area contributed by atoms with E-state index >= 15 is 0 Å². The molecule has 0 fully saturated rings. The van der Waals surface area contributed by atoms with Crippen LogP contribution in [0.1, 0.15) is 34.7 Å². The molecule has 0 aliphatic rings. The maximum absolute atomic E-state index is 12.5. The van der Waals surface area contributed by atoms with Gasteiger partial charge >= 0.3 is 0 Å². The number of thioether (sulfide) groups is 1. The average Bonchev–Trinajstić information content (AvgIpc) is 3.28. The summed E-state index contributed by atoms with van der Waals surface area (Å²) in [6, 6.07) is 23.6. The molecule has 1 aromatic heterocycles. The molecule has 0 saturated carbocycles. The lowest BCUT2D eigenvalue weighted by molar-refractivity contribution is -0.113. The van der Waals surface area contributed by atoms with Gasteiger partial charge in [0.2, 0.25) is 5.91 Å². The van der Waals surface area contributed by atoms with Crippen LogP contribution in [-0.4, -0.2) is 32.3 Å². The fourth-order valence-electron chi connectivity index (χ4n) is 3.43. The smallest absolute Gasteiger partial charge is 0.251 e. The molecule has 0 aliphatic carbocycles. The van der Waals surface area contributed by atoms with Gasteiger partial charge in [-0.25, -0.2) is 0 Å². The number of amides is 2. The number of nitrogens with zero attached hydrogens (tertiary/aromatic N) is 5. The molecular weight excluding hydrogens is 486 g/mol. The molecule has 10 heteroatoms. The monoisotopic (exact) mass is 513 g/mol. The van der Waals surface area contributed by atoms with E-state index in [0.29, 0.717) is 27.9 Å². The summed E-state index contributed by atoms with van der Waals surface area (Å²) < 4.78 is 1.78. The lowest BCUT2D eigenvalue weighted by Crippen LogP contribution is -2.28. The standard InChI is InChI=1S/C27H27N7O2S/c1-18-9-11-20(12-10-18)26(36)28-19(2)25-32-33-27(34(25)3)37-17-24(35)29-21-13-15-23(16-14-21)31-30-22-7-5-4-6-8-22/h4-16,19H,17H2,1-3H3,(H,28,36)(H,29,35)/t19-/m1/s1. The number of rotatable bonds is 9. The molecule has 0 spiro atoms. The van der Waals surface area contributed by atoms with Crippen molar-refractivity contribution in [3.8, 4) is 0 Å². The molecule has 0 saturated heterocycles. The first kappa shape index (κ1) is 25.8. The van der Waals surface area contributed by atoms with E-state index in [1.807, 2.05) is 63.4 Å². The van der Waals surface area contributed by atoms with Crippen molar-refractivity contribution in [3.63, 3.8) is 0 Å². The van der Waals surface area contributed by atoms with Crippen molar-refractivity contribution in [1.29, 1.82) is 0 Å². The summed E-state index contributed by atoms with van der Waals surface area (Å²) in [5, 5.41) is 23.2. The minimum Gasteiger partial charge on any atom is -0.342 e. The number of aromatic nitrogens is 3. The second kappa shape index (κ2) is 12.1. The Kier molecular flexibility index (Phi) is 8.42. The van der Waals surface area contributed by atoms with E-state index in [-0.39, 0.29) is 23.6 Å². The minimum atomic E-state index is -0.355. The highest BCUT2D eigenvalue weighted by molar-refractivity contribution is 7.99. The Bertz CT molecular complexity index is 1380. The Balaban J connectivity index is 1.28. The molecule has 0 unspecified atom stereocenters. The highest BCUT2D eigenvalue weighted by Gasteiger charge is 2.19. The maximum atomic E-state index is 12.5. The predicted octanol–water partition coefficient (Wildman–Crippen LogP) is 5.76. The first-order valence-electron chi connectivity index (χ1n) is 11.7. The van der Waals surface area contributed by atoms with Gasteiger partial charge in [0, 0.05) is 18.3 Å². The zero-order valence-electron chi connectivity index (χ0n) is 20.8. The first-order chi connectivity index (χ1) is 17.9. The van der Waals surface area contributed by atoms with E-state index in [9.17, 15) is 9.59 Å². The molecule has 3 aromatic carbocycles. The number of nitrogens with one attached hydrogen (secondary N) is 2. The number of aryl methyl sites for hydroxylation is 1. The Morgan fingerprint density at radius 3 is 2.24 bits per heavy atom. The second-order valence-corrected chi connectivity index (χ2v) is 9.32. The quantitative estimate of drug-likeness (QED) is 0.218. The lowest BCUT2D eigenvalue weighted by atomic mass is 10.1. The van der Waals surface area contributed by atoms with Crippen molar-refractivity contribution in [2.75, 3.05) is 11.1 Å². The van der Waals surface area contributed by atoms with E-state index in [0.717, 1.165) is 11.3 Å². The van der Waals surface area contributed by atoms with E-state index in [1.165, 1.54) is 11.8 Å². The van der Waals surface area contributed by atoms with E-state index < -0.39 is 0 Å². The summed E-state index contributed by atoms with van der Waals surface area (Å²) in [5.74, 6) is 0.403. The highest BCUT2D eigenvalue weighted by atomic mass is 32.2. The van der Waals surface area contributed by atoms with Crippen molar-refractivity contribution in [2.45, 2.75) is 25.0 Å². The molecule has 4 aromatic rings. The Morgan fingerprint density at radius 1 is 0.919 bits per heavy atom. The Morgan fingerprint density at radius 2 is 1.57 bits per heavy atom. The van der Waals surface area contributed by atoms with Gasteiger partial charge in [-0.3, -0.25) is 9.59 Å². The summed E-state index contributed by atoms with van der Waals surface area (Å²) in [6.07, 6.45) is 0. The van der Waals surface area contributed by atoms with E-state index in [1.54, 1.807) is 41.0 Å². The summed E-state index contributed by atoms with van der Waals surface area (Å²) in [4.78, 5) is 25.0. The number of anilines is 1. The maximum Gasteiger partial charge on any atom is 0.251 e. The first-order valence-corrected chi connectivity index (χ1v) is 12.6. The van der Waals surface area contributed by atoms with Gasteiger partial charge in [0.25, 0.3) is 5.91 Å². The summed E-state index contributed by atoms with van der Waals surface area (Å²) in [6.45, 7) is 3.82. The zero-order chi connectivity index (χ0) is 26.2. The Hall–Kier alpha value is -4.31. The molecule has 9 nitrogen and oxygen atoms in total. The molecule has 0 bridgehead atoms. The lowest BCUT2D eigenvalue weighted by Gasteiger charge is -2.13. The molecule has 1 heterocycles. The van der Waals surface area contributed by atoms with Crippen molar-refractivity contribution < 1.29 is 9.59 Å². The van der Waals surface area contributed by atoms with Gasteiger partial charge in [-0.2, -0.15) is 10.2 Å². The van der Waals surface area contributed by atoms with Gasteiger partial charge in [0.15, 0.2) is 11.0 Å². The van der Waals surface area contributed by atoms with Crippen molar-refractivity contribution in [1.82, 2.24) is 20.1 Å². The number of hydrogen-bond donors (Lipinski definition) is 2. The van der Waals surface area contributed by atoms with Crippen LogP contribution >= 0.6 is 11.8 Å². The van der Waals surface area contributed by atoms with Crippen LogP contribution in [0.25, 0.3) is 0 Å². The zero-order valence-corrected chi connectivity index (χ0v) is 21.6. The third-order valence-electron chi connectivity index (χ3n) is 5.44. The van der Waals surface area contributed by atoms with Gasteiger partial charge in [-0.05, 0) is 62.4 Å². The van der Waals surface area contributed by atoms with E-state index in [4.69, 9.17) is 0 Å². The van der Waals surface area contributed by atoms with Gasteiger partial charge in [-0.15, -0.1) is 10.2 Å². The SMILES string of the molecule is Cc1ccc(C(=O)N[C@H](C)c2nnc(SCC(=O)Nc3ccc(N=Nc4ccccc4)cc3)n2C)cc1. The largest absolute Gasteiger partial charge is 0.342 e. The molecular formula is C27H27N7O2S. The fourth-order valence-corrected chi connectivity index (χ4v) is 4.15. The fraction of sp³-hybridized carbons (Fsp3) is 0.185. The third-order valence-corrected chi connectivity index (χ3v) is 6.46. The van der Waals surface area contributed by atoms with Crippen LogP contribution in [0.3, 0.4) is 0 Å². The van der Waals surface area contributed by atoms with Crippen LogP contribution in [0.15, 0.2) is 94.2 Å². The van der Waals surface area contributed by atoms with Crippen molar-refractivity contribution in [2.24, 2.45) is 17.3 Å². The van der Waals surface area contributed by atoms with Crippen LogP contribution < -0.4 is 10.6 Å². The molecule has 0 aliphatic heterocycles. The second-order valence-electron chi connectivity index (χ2n) is 8.38. The molecule has 37 heavy (non-hydrogen) atoms. The van der Waals surface area contributed by atoms with Gasteiger partial charge < -0.3 is 15.2 Å². The van der Waals surface area contributed by atoms with Crippen molar-refractivity contribution in [3.05, 3.63) is 95.8 Å². The Labute approximate surface area is 219 Å². The third kappa shape index (κ3) is 7.11. The summed E-state index contributed by atoms with van der Waals surface area (Å²) >= 11 is 1.27. The number of carbonyl (C=O) groups excluding carboxylic acids is 2. The number of azo groups is 1. The molecule has 2 amide bonds. The molecule has 4 rings (SSSR count). The van der Waals surface area contributed by atoms with Crippen molar-refractivity contribution >= 4 is 40.6 Å². The molecule has 188 valence electrons. The average molecular weight is 514 g/mol. The van der Waals surface area contributed by atoms with Gasteiger partial charge in [0.05, 0.1) is 23.2 Å². The highest BCUT2D eigenvalue weighted by Crippen LogP contribution is 2.22. The van der Waals surface area contributed by atoms with Crippen LogP contribution in [0.2, 0.25) is 0 Å². The molecule has 2 N–H and O–H groups in total. The number of carbonyl (C=O) groups is 2. The van der Waals surface area contributed by atoms with Crippen LogP contribution in [0, 0.1) is 6.92 Å². The van der Waals surface area contributed by atoms with Gasteiger partial charge in [-0.1, -0.05) is 47.7 Å².